The average molecular weight is 248 g/mol. The van der Waals surface area contributed by atoms with Crippen LogP contribution in [-0.2, 0) is 0 Å². The van der Waals surface area contributed by atoms with Crippen molar-refractivity contribution in [2.45, 2.75) is 34.6 Å². The largest absolute Gasteiger partial charge is 0.152 e. The fourth-order valence-electron chi connectivity index (χ4n) is 0.761. The summed E-state index contributed by atoms with van der Waals surface area (Å²) in [6.45, 7) is 10.8. The van der Waals surface area contributed by atoms with Gasteiger partial charge in [0.25, 0.3) is 0 Å². The lowest BCUT2D eigenvalue weighted by Crippen LogP contribution is -1.93. The molecule has 1 heterocycles. The van der Waals surface area contributed by atoms with Crippen LogP contribution in [-0.4, -0.2) is 0 Å². The van der Waals surface area contributed by atoms with Gasteiger partial charge in [-0.2, -0.15) is 11.3 Å². The minimum atomic E-state index is 0.500. The second-order valence-electron chi connectivity index (χ2n) is 5.45. The van der Waals surface area contributed by atoms with Crippen molar-refractivity contribution in [1.29, 1.82) is 0 Å². The van der Waals surface area contributed by atoms with Gasteiger partial charge in [0.15, 0.2) is 0 Å². The lowest BCUT2D eigenvalue weighted by molar-refractivity contribution is 0.469. The van der Waals surface area contributed by atoms with E-state index in [2.05, 4.69) is 46.8 Å². The molecule has 2 rings (SSSR count). The van der Waals surface area contributed by atoms with Crippen LogP contribution in [0.5, 0.6) is 0 Å². The van der Waals surface area contributed by atoms with Gasteiger partial charge in [0.1, 0.15) is 0 Å². The summed E-state index contributed by atoms with van der Waals surface area (Å²) in [4.78, 5) is 0. The maximum atomic E-state index is 2.19. The van der Waals surface area contributed by atoms with Crippen molar-refractivity contribution >= 4 is 11.3 Å². The van der Waals surface area contributed by atoms with E-state index in [1.165, 1.54) is 5.56 Å². The summed E-state index contributed by atoms with van der Waals surface area (Å²) < 4.78 is 0. The third-order valence-corrected chi connectivity index (χ3v) is 1.99. The Morgan fingerprint density at radius 2 is 1.18 bits per heavy atom. The van der Waals surface area contributed by atoms with E-state index in [0.717, 1.165) is 0 Å². The molecular weight excluding hydrogens is 224 g/mol. The van der Waals surface area contributed by atoms with Gasteiger partial charge in [0.2, 0.25) is 0 Å². The molecule has 1 aromatic heterocycles. The highest BCUT2D eigenvalue weighted by Gasteiger charge is 1.95. The fraction of sp³-hybridized carbons (Fsp3) is 0.375. The van der Waals surface area contributed by atoms with Gasteiger partial charge in [-0.1, -0.05) is 75.7 Å². The van der Waals surface area contributed by atoms with Crippen molar-refractivity contribution in [3.63, 3.8) is 0 Å². The average Bonchev–Trinajstić information content (AvgIpc) is 2.73. The number of rotatable bonds is 0. The Bertz CT molecular complexity index is 318. The van der Waals surface area contributed by atoms with E-state index >= 15 is 0 Å². The minimum absolute atomic E-state index is 0.500. The Balaban J connectivity index is 0.000000232. The van der Waals surface area contributed by atoms with Gasteiger partial charge < -0.3 is 0 Å². The fourth-order valence-corrected chi connectivity index (χ4v) is 1.21. The molecule has 0 N–H and O–H groups in total. The number of benzene rings is 1. The maximum absolute atomic E-state index is 2.19. The van der Waals surface area contributed by atoms with E-state index < -0.39 is 0 Å². The van der Waals surface area contributed by atoms with E-state index in [9.17, 15) is 0 Å². The van der Waals surface area contributed by atoms with Gasteiger partial charge in [0, 0.05) is 0 Å². The molecule has 0 aliphatic rings. The van der Waals surface area contributed by atoms with Crippen molar-refractivity contribution in [1.82, 2.24) is 0 Å². The second-order valence-corrected chi connectivity index (χ2v) is 6.26. The highest BCUT2D eigenvalue weighted by molar-refractivity contribution is 7.07. The number of hydrogen-bond acceptors (Lipinski definition) is 1. The Hall–Kier alpha value is -1.08. The molecule has 0 aliphatic heterocycles. The Labute approximate surface area is 110 Å². The first-order valence-corrected chi connectivity index (χ1v) is 6.82. The molecule has 0 unspecified atom stereocenters. The second kappa shape index (κ2) is 9.00. The Morgan fingerprint density at radius 3 is 1.35 bits per heavy atom. The lowest BCUT2D eigenvalue weighted by Gasteiger charge is -2.05. The summed E-state index contributed by atoms with van der Waals surface area (Å²) >= 11 is 1.71. The van der Waals surface area contributed by atoms with Crippen LogP contribution >= 0.6 is 11.3 Å². The molecule has 17 heavy (non-hydrogen) atoms. The molecule has 0 bridgehead atoms. The van der Waals surface area contributed by atoms with E-state index in [1.54, 1.807) is 11.3 Å². The first-order valence-electron chi connectivity index (χ1n) is 5.88. The molecule has 0 saturated heterocycles. The van der Waals surface area contributed by atoms with Gasteiger partial charge in [-0.15, -0.1) is 0 Å². The minimum Gasteiger partial charge on any atom is -0.152 e. The number of thiophene rings is 1. The standard InChI is InChI=1S/C7H8.C5H12.C4H4S/c1-7-5-3-2-4-6-7;1-5(2,3)4;1-2-4-5-3-1/h2-6H,1H3;1-4H3;1-4H. The normalized spacial score (nSPS) is 9.47. The highest BCUT2D eigenvalue weighted by Crippen LogP contribution is 2.08. The summed E-state index contributed by atoms with van der Waals surface area (Å²) in [6.07, 6.45) is 0. The molecular formula is C16H24S. The predicted molar refractivity (Wildman–Crippen MR) is 80.6 cm³/mol. The summed E-state index contributed by atoms with van der Waals surface area (Å²) in [5.41, 5.74) is 1.82. The van der Waals surface area contributed by atoms with Gasteiger partial charge in [-0.3, -0.25) is 0 Å². The van der Waals surface area contributed by atoms with Crippen molar-refractivity contribution in [3.8, 4) is 0 Å². The van der Waals surface area contributed by atoms with Gasteiger partial charge >= 0.3 is 0 Å². The summed E-state index contributed by atoms with van der Waals surface area (Å²) in [5, 5.41) is 4.08. The smallest absolute Gasteiger partial charge is 0.00934 e. The molecule has 0 amide bonds. The predicted octanol–water partition coefficient (Wildman–Crippen LogP) is 5.80. The number of aryl methyl sites for hydroxylation is 1. The molecule has 2 aromatic rings. The Kier molecular flexibility index (Phi) is 8.43. The quantitative estimate of drug-likeness (QED) is 0.553. The van der Waals surface area contributed by atoms with E-state index in [4.69, 9.17) is 0 Å². The Morgan fingerprint density at radius 1 is 0.765 bits per heavy atom. The van der Waals surface area contributed by atoms with Crippen molar-refractivity contribution in [3.05, 3.63) is 58.8 Å². The molecule has 0 fully saturated rings. The molecule has 0 spiro atoms. The summed E-state index contributed by atoms with van der Waals surface area (Å²) in [6, 6.07) is 14.3. The van der Waals surface area contributed by atoms with Crippen LogP contribution in [0.3, 0.4) is 0 Å². The molecule has 0 atom stereocenters. The van der Waals surface area contributed by atoms with Crippen LogP contribution in [0, 0.1) is 12.3 Å². The molecule has 0 saturated carbocycles. The van der Waals surface area contributed by atoms with Crippen LogP contribution in [0.25, 0.3) is 0 Å². The summed E-state index contributed by atoms with van der Waals surface area (Å²) in [5.74, 6) is 0. The van der Waals surface area contributed by atoms with Gasteiger partial charge in [-0.25, -0.2) is 0 Å². The van der Waals surface area contributed by atoms with Gasteiger partial charge in [0.05, 0.1) is 0 Å². The van der Waals surface area contributed by atoms with Crippen LogP contribution in [0.4, 0.5) is 0 Å². The first kappa shape index (κ1) is 15.9. The van der Waals surface area contributed by atoms with Crippen LogP contribution in [0.15, 0.2) is 53.2 Å². The maximum Gasteiger partial charge on any atom is -0.00934 e. The summed E-state index contributed by atoms with van der Waals surface area (Å²) in [7, 11) is 0. The lowest BCUT2D eigenvalue weighted by atomic mass is 10.0. The van der Waals surface area contributed by atoms with Crippen molar-refractivity contribution in [2.24, 2.45) is 5.41 Å². The highest BCUT2D eigenvalue weighted by atomic mass is 32.1. The van der Waals surface area contributed by atoms with Gasteiger partial charge in [-0.05, 0) is 23.1 Å². The van der Waals surface area contributed by atoms with E-state index in [-0.39, 0.29) is 0 Å². The van der Waals surface area contributed by atoms with Crippen molar-refractivity contribution in [2.75, 3.05) is 0 Å². The van der Waals surface area contributed by atoms with Crippen LogP contribution in [0.1, 0.15) is 33.3 Å². The molecule has 94 valence electrons. The number of hydrogen-bond donors (Lipinski definition) is 0. The first-order chi connectivity index (χ1) is 7.89. The molecule has 0 aliphatic carbocycles. The van der Waals surface area contributed by atoms with Crippen molar-refractivity contribution < 1.29 is 0 Å². The zero-order valence-electron chi connectivity index (χ0n) is 11.6. The third kappa shape index (κ3) is 17.5. The van der Waals surface area contributed by atoms with Crippen LogP contribution in [0.2, 0.25) is 0 Å². The van der Waals surface area contributed by atoms with E-state index in [0.29, 0.717) is 5.41 Å². The molecule has 1 heteroatoms. The molecule has 0 radical (unpaired) electrons. The topological polar surface area (TPSA) is 0 Å². The third-order valence-electron chi connectivity index (χ3n) is 1.37. The zero-order valence-corrected chi connectivity index (χ0v) is 12.4. The molecule has 0 nitrogen and oxygen atoms in total. The SMILES string of the molecule is CC(C)(C)C.Cc1ccccc1.c1ccsc1. The molecule has 1 aromatic carbocycles. The monoisotopic (exact) mass is 248 g/mol. The van der Waals surface area contributed by atoms with E-state index in [1.807, 2.05) is 41.1 Å². The van der Waals surface area contributed by atoms with Crippen LogP contribution < -0.4 is 0 Å². The zero-order chi connectivity index (χ0) is 13.1.